The molecule has 1 fully saturated rings. The van der Waals surface area contributed by atoms with E-state index in [2.05, 4.69) is 42.7 Å². The van der Waals surface area contributed by atoms with Gasteiger partial charge in [0.2, 0.25) is 5.91 Å². The van der Waals surface area contributed by atoms with E-state index >= 15 is 0 Å². The number of hydrogen-bond acceptors (Lipinski definition) is 5. The van der Waals surface area contributed by atoms with Crippen LogP contribution >= 0.6 is 35.3 Å². The minimum absolute atomic E-state index is 0. The van der Waals surface area contributed by atoms with Crippen molar-refractivity contribution in [2.24, 2.45) is 4.99 Å². The van der Waals surface area contributed by atoms with Crippen LogP contribution in [0.5, 0.6) is 0 Å². The van der Waals surface area contributed by atoms with Crippen LogP contribution in [0.15, 0.2) is 10.4 Å². The van der Waals surface area contributed by atoms with E-state index in [-0.39, 0.29) is 35.9 Å². The summed E-state index contributed by atoms with van der Waals surface area (Å²) >= 11 is 1.71. The van der Waals surface area contributed by atoms with E-state index in [1.54, 1.807) is 11.3 Å². The first-order valence-electron chi connectivity index (χ1n) is 8.92. The first kappa shape index (κ1) is 23.1. The molecule has 7 nitrogen and oxygen atoms in total. The quantitative estimate of drug-likeness (QED) is 0.357. The monoisotopic (exact) mass is 494 g/mol. The highest BCUT2D eigenvalue weighted by molar-refractivity contribution is 14.0. The van der Waals surface area contributed by atoms with Gasteiger partial charge in [0.25, 0.3) is 0 Å². The van der Waals surface area contributed by atoms with E-state index in [0.29, 0.717) is 13.1 Å². The normalized spacial score (nSPS) is 15.7. The molecule has 0 bridgehead atoms. The van der Waals surface area contributed by atoms with Gasteiger partial charge in [0, 0.05) is 44.6 Å². The topological polar surface area (TPSA) is 72.9 Å². The highest BCUT2D eigenvalue weighted by atomic mass is 127. The third kappa shape index (κ3) is 7.36. The van der Waals surface area contributed by atoms with E-state index in [9.17, 15) is 4.79 Å². The number of aromatic nitrogens is 1. The van der Waals surface area contributed by atoms with Crippen molar-refractivity contribution in [1.82, 2.24) is 25.4 Å². The molecule has 1 aromatic rings. The van der Waals surface area contributed by atoms with Crippen molar-refractivity contribution in [3.63, 3.8) is 0 Å². The summed E-state index contributed by atoms with van der Waals surface area (Å²) in [6.07, 6.45) is 0.978. The molecule has 1 aromatic heterocycles. The molecule has 1 aliphatic rings. The Hall–Kier alpha value is -0.940. The molecule has 2 N–H and O–H groups in total. The van der Waals surface area contributed by atoms with Crippen LogP contribution in [-0.2, 0) is 17.8 Å². The van der Waals surface area contributed by atoms with Crippen LogP contribution in [-0.4, -0.2) is 72.5 Å². The minimum atomic E-state index is 0. The number of amides is 1. The Labute approximate surface area is 177 Å². The molecule has 0 spiro atoms. The van der Waals surface area contributed by atoms with Gasteiger partial charge in [-0.15, -0.1) is 35.3 Å². The summed E-state index contributed by atoms with van der Waals surface area (Å²) in [5.74, 6) is 0.999. The Morgan fingerprint density at radius 3 is 2.58 bits per heavy atom. The summed E-state index contributed by atoms with van der Waals surface area (Å²) in [5.41, 5.74) is 1.06. The van der Waals surface area contributed by atoms with Crippen molar-refractivity contribution in [1.29, 1.82) is 0 Å². The van der Waals surface area contributed by atoms with E-state index < -0.39 is 0 Å². The summed E-state index contributed by atoms with van der Waals surface area (Å²) in [6.45, 7) is 10.7. The van der Waals surface area contributed by atoms with Crippen molar-refractivity contribution in [3.05, 3.63) is 16.1 Å². The second-order valence-electron chi connectivity index (χ2n) is 6.47. The Kier molecular flexibility index (Phi) is 10.4. The number of rotatable bonds is 6. The number of carbonyl (C=O) groups excluding carboxylic acids is 1. The lowest BCUT2D eigenvalue weighted by molar-refractivity contribution is -0.123. The summed E-state index contributed by atoms with van der Waals surface area (Å²) in [5, 5.41) is 9.61. The smallest absolute Gasteiger partial charge is 0.234 e. The van der Waals surface area contributed by atoms with E-state index in [1.165, 1.54) is 5.01 Å². The van der Waals surface area contributed by atoms with Gasteiger partial charge in [-0.1, -0.05) is 6.92 Å². The van der Waals surface area contributed by atoms with E-state index in [1.807, 2.05) is 20.9 Å². The number of nitrogens with one attached hydrogen (secondary N) is 2. The largest absolute Gasteiger partial charge is 0.353 e. The van der Waals surface area contributed by atoms with Crippen molar-refractivity contribution < 1.29 is 4.79 Å². The van der Waals surface area contributed by atoms with Crippen LogP contribution in [0.2, 0.25) is 0 Å². The van der Waals surface area contributed by atoms with Crippen LogP contribution in [0.25, 0.3) is 0 Å². The summed E-state index contributed by atoms with van der Waals surface area (Å²) < 4.78 is 0. The Morgan fingerprint density at radius 1 is 1.35 bits per heavy atom. The molecule has 0 atom stereocenters. The second kappa shape index (κ2) is 11.7. The molecule has 1 saturated heterocycles. The summed E-state index contributed by atoms with van der Waals surface area (Å²) in [4.78, 5) is 25.3. The molecule has 0 unspecified atom stereocenters. The highest BCUT2D eigenvalue weighted by Gasteiger charge is 2.21. The third-order valence-electron chi connectivity index (χ3n) is 4.03. The minimum Gasteiger partial charge on any atom is -0.353 e. The lowest BCUT2D eigenvalue weighted by atomic mass is 10.3. The van der Waals surface area contributed by atoms with Crippen molar-refractivity contribution in [3.8, 4) is 0 Å². The molecular weight excluding hydrogens is 463 g/mol. The van der Waals surface area contributed by atoms with Crippen LogP contribution in [0.1, 0.15) is 31.5 Å². The zero-order valence-electron chi connectivity index (χ0n) is 16.1. The molecule has 1 amide bonds. The number of aliphatic imine (C=N–C) groups is 1. The zero-order chi connectivity index (χ0) is 18.2. The zero-order valence-corrected chi connectivity index (χ0v) is 19.3. The van der Waals surface area contributed by atoms with Gasteiger partial charge < -0.3 is 15.5 Å². The van der Waals surface area contributed by atoms with Crippen LogP contribution < -0.4 is 10.6 Å². The molecule has 0 aliphatic carbocycles. The molecule has 1 aliphatic heterocycles. The number of carbonyl (C=O) groups is 1. The number of piperazine rings is 1. The van der Waals surface area contributed by atoms with Crippen molar-refractivity contribution >= 4 is 47.2 Å². The van der Waals surface area contributed by atoms with Gasteiger partial charge in [-0.25, -0.2) is 4.98 Å². The van der Waals surface area contributed by atoms with E-state index in [0.717, 1.165) is 44.3 Å². The summed E-state index contributed by atoms with van der Waals surface area (Å²) in [6, 6.07) is 0.191. The molecule has 148 valence electrons. The van der Waals surface area contributed by atoms with Gasteiger partial charge in [0.15, 0.2) is 5.96 Å². The van der Waals surface area contributed by atoms with Crippen LogP contribution in [0.4, 0.5) is 0 Å². The Bertz CT molecular complexity index is 584. The van der Waals surface area contributed by atoms with Gasteiger partial charge >= 0.3 is 0 Å². The molecular formula is C17H31IN6OS. The van der Waals surface area contributed by atoms with Gasteiger partial charge in [-0.05, 0) is 20.3 Å². The number of guanidine groups is 1. The van der Waals surface area contributed by atoms with Crippen LogP contribution in [0.3, 0.4) is 0 Å². The SMILES string of the molecule is CCc1nc(CNC(=NC)N2CCN(CC(=O)NC(C)C)CC2)cs1.I. The first-order chi connectivity index (χ1) is 12.0. The molecule has 26 heavy (non-hydrogen) atoms. The number of aryl methyl sites for hydroxylation is 1. The second-order valence-corrected chi connectivity index (χ2v) is 7.41. The maximum Gasteiger partial charge on any atom is 0.234 e. The predicted molar refractivity (Wildman–Crippen MR) is 118 cm³/mol. The lowest BCUT2D eigenvalue weighted by Gasteiger charge is -2.36. The molecule has 0 saturated carbocycles. The van der Waals surface area contributed by atoms with E-state index in [4.69, 9.17) is 0 Å². The van der Waals surface area contributed by atoms with Gasteiger partial charge in [0.05, 0.1) is 23.8 Å². The standard InChI is InChI=1S/C17H30N6OS.HI/c1-5-16-21-14(12-25-16)10-19-17(18-4)23-8-6-22(7-9-23)11-15(24)20-13(2)3;/h12-13H,5-11H2,1-4H3,(H,18,19)(H,20,24);1H. The average Bonchev–Trinajstić information content (AvgIpc) is 3.04. The average molecular weight is 494 g/mol. The maximum atomic E-state index is 11.9. The third-order valence-corrected chi connectivity index (χ3v) is 5.07. The number of hydrogen-bond donors (Lipinski definition) is 2. The molecule has 2 rings (SSSR count). The molecule has 9 heteroatoms. The fourth-order valence-electron chi connectivity index (χ4n) is 2.78. The predicted octanol–water partition coefficient (Wildman–Crippen LogP) is 1.54. The maximum absolute atomic E-state index is 11.9. The summed E-state index contributed by atoms with van der Waals surface area (Å²) in [7, 11) is 1.81. The number of thiazole rings is 1. The molecule has 0 radical (unpaired) electrons. The lowest BCUT2D eigenvalue weighted by Crippen LogP contribution is -2.54. The fourth-order valence-corrected chi connectivity index (χ4v) is 3.53. The van der Waals surface area contributed by atoms with Crippen molar-refractivity contribution in [2.75, 3.05) is 39.8 Å². The number of nitrogens with zero attached hydrogens (tertiary/aromatic N) is 4. The first-order valence-corrected chi connectivity index (χ1v) is 9.80. The molecule has 2 heterocycles. The Balaban J connectivity index is 0.00000338. The Morgan fingerprint density at radius 2 is 2.04 bits per heavy atom. The van der Waals surface area contributed by atoms with Gasteiger partial charge in [-0.2, -0.15) is 0 Å². The van der Waals surface area contributed by atoms with Gasteiger partial charge in [-0.3, -0.25) is 14.7 Å². The fraction of sp³-hybridized carbons (Fsp3) is 0.706. The molecule has 0 aromatic carbocycles. The highest BCUT2D eigenvalue weighted by Crippen LogP contribution is 2.10. The van der Waals surface area contributed by atoms with Crippen molar-refractivity contribution in [2.45, 2.75) is 39.8 Å². The van der Waals surface area contributed by atoms with Gasteiger partial charge in [0.1, 0.15) is 0 Å². The number of halogens is 1. The van der Waals surface area contributed by atoms with Crippen LogP contribution in [0, 0.1) is 0 Å².